The van der Waals surface area contributed by atoms with Crippen molar-refractivity contribution in [2.45, 2.75) is 55.4 Å². The lowest BCUT2D eigenvalue weighted by molar-refractivity contribution is 0.662. The summed E-state index contributed by atoms with van der Waals surface area (Å²) >= 11 is 6.11. The zero-order valence-corrected chi connectivity index (χ0v) is 13.8. The highest BCUT2D eigenvalue weighted by atomic mass is 32.2. The number of thiophene rings is 1. The van der Waals surface area contributed by atoms with Gasteiger partial charge in [-0.25, -0.2) is 0 Å². The molecule has 2 heterocycles. The van der Waals surface area contributed by atoms with Crippen LogP contribution in [0.25, 0.3) is 0 Å². The van der Waals surface area contributed by atoms with Crippen LogP contribution in [0.3, 0.4) is 0 Å². The van der Waals surface area contributed by atoms with Crippen LogP contribution in [0.15, 0.2) is 12.1 Å². The molecule has 1 aliphatic rings. The van der Waals surface area contributed by atoms with Crippen LogP contribution in [0, 0.1) is 0 Å². The van der Waals surface area contributed by atoms with Gasteiger partial charge in [0.15, 0.2) is 0 Å². The summed E-state index contributed by atoms with van der Waals surface area (Å²) in [4.78, 5) is 2.93. The summed E-state index contributed by atoms with van der Waals surface area (Å²) in [5.74, 6) is 1.21. The molecule has 1 saturated heterocycles. The van der Waals surface area contributed by atoms with Crippen molar-refractivity contribution in [3.05, 3.63) is 21.9 Å². The molecule has 4 heteroatoms. The summed E-state index contributed by atoms with van der Waals surface area (Å²) in [6.07, 6.45) is 2.19. The minimum Gasteiger partial charge on any atom is -0.326 e. The van der Waals surface area contributed by atoms with Crippen molar-refractivity contribution in [1.29, 1.82) is 0 Å². The highest BCUT2D eigenvalue weighted by molar-refractivity contribution is 8.07. The molecule has 0 amide bonds. The van der Waals surface area contributed by atoms with Crippen molar-refractivity contribution in [2.75, 3.05) is 5.75 Å². The van der Waals surface area contributed by atoms with Gasteiger partial charge in [-0.2, -0.15) is 23.5 Å². The molecule has 1 aromatic rings. The molecular weight excluding hydrogens is 278 g/mol. The van der Waals surface area contributed by atoms with Crippen LogP contribution in [-0.2, 0) is 12.8 Å². The Labute approximate surface area is 123 Å². The van der Waals surface area contributed by atoms with E-state index in [0.717, 1.165) is 23.3 Å². The second-order valence-electron chi connectivity index (χ2n) is 5.01. The molecule has 1 aliphatic heterocycles. The van der Waals surface area contributed by atoms with Gasteiger partial charge in [0.2, 0.25) is 0 Å². The van der Waals surface area contributed by atoms with Gasteiger partial charge >= 0.3 is 0 Å². The second-order valence-corrected chi connectivity index (χ2v) is 9.29. The fraction of sp³-hybridized carbons (Fsp3) is 0.714. The number of rotatable bonds is 4. The Hall–Kier alpha value is 0.360. The topological polar surface area (TPSA) is 26.0 Å². The van der Waals surface area contributed by atoms with E-state index in [0.29, 0.717) is 11.3 Å². The predicted molar refractivity (Wildman–Crippen MR) is 88.1 cm³/mol. The molecule has 4 unspecified atom stereocenters. The lowest BCUT2D eigenvalue weighted by atomic mass is 10.1. The number of nitrogens with two attached hydrogens (primary N) is 1. The zero-order valence-electron chi connectivity index (χ0n) is 11.4. The molecule has 1 nitrogen and oxygen atoms in total. The van der Waals surface area contributed by atoms with Gasteiger partial charge in [-0.05, 0) is 25.0 Å². The molecule has 0 spiro atoms. The van der Waals surface area contributed by atoms with Crippen LogP contribution in [0.1, 0.15) is 30.5 Å². The third-order valence-electron chi connectivity index (χ3n) is 3.55. The van der Waals surface area contributed by atoms with Gasteiger partial charge in [-0.1, -0.05) is 20.8 Å². The van der Waals surface area contributed by atoms with E-state index in [2.05, 4.69) is 56.4 Å². The third-order valence-corrected chi connectivity index (χ3v) is 8.38. The Bertz CT molecular complexity index is 377. The molecular formula is C14H23NS3. The first-order chi connectivity index (χ1) is 8.60. The van der Waals surface area contributed by atoms with E-state index in [1.807, 2.05) is 11.3 Å². The van der Waals surface area contributed by atoms with Crippen molar-refractivity contribution in [3.63, 3.8) is 0 Å². The average Bonchev–Trinajstić information content (AvgIpc) is 2.80. The van der Waals surface area contributed by atoms with Crippen LogP contribution >= 0.6 is 34.9 Å². The number of thioether (sulfide) groups is 2. The normalized spacial score (nSPS) is 30.3. The van der Waals surface area contributed by atoms with Gasteiger partial charge in [0.1, 0.15) is 0 Å². The molecule has 0 aromatic carbocycles. The molecule has 2 N–H and O–H groups in total. The van der Waals surface area contributed by atoms with Crippen LogP contribution in [-0.4, -0.2) is 27.5 Å². The van der Waals surface area contributed by atoms with Crippen LogP contribution in [0.5, 0.6) is 0 Å². The van der Waals surface area contributed by atoms with Crippen molar-refractivity contribution in [3.8, 4) is 0 Å². The zero-order chi connectivity index (χ0) is 13.1. The molecule has 0 aliphatic carbocycles. The minimum absolute atomic E-state index is 0.306. The SMILES string of the molecule is CCc1ccc(CC(N)C2CSC(C)C(C)S2)s1. The van der Waals surface area contributed by atoms with E-state index in [-0.39, 0.29) is 0 Å². The summed E-state index contributed by atoms with van der Waals surface area (Å²) < 4.78 is 0. The number of hydrogen-bond donors (Lipinski definition) is 1. The second kappa shape index (κ2) is 6.69. The summed E-state index contributed by atoms with van der Waals surface area (Å²) in [5, 5.41) is 2.12. The van der Waals surface area contributed by atoms with E-state index in [4.69, 9.17) is 5.73 Å². The Kier molecular flexibility index (Phi) is 5.48. The van der Waals surface area contributed by atoms with Gasteiger partial charge < -0.3 is 5.73 Å². The minimum atomic E-state index is 0.306. The lowest BCUT2D eigenvalue weighted by Gasteiger charge is -2.34. The lowest BCUT2D eigenvalue weighted by Crippen LogP contribution is -2.41. The van der Waals surface area contributed by atoms with E-state index < -0.39 is 0 Å². The first kappa shape index (κ1) is 14.8. The smallest absolute Gasteiger partial charge is 0.0296 e. The van der Waals surface area contributed by atoms with Gasteiger partial charge in [0.05, 0.1) is 0 Å². The van der Waals surface area contributed by atoms with E-state index >= 15 is 0 Å². The van der Waals surface area contributed by atoms with Gasteiger partial charge in [0.25, 0.3) is 0 Å². The number of hydrogen-bond acceptors (Lipinski definition) is 4. The maximum absolute atomic E-state index is 6.41. The van der Waals surface area contributed by atoms with Gasteiger partial charge in [-0.3, -0.25) is 0 Å². The molecule has 0 radical (unpaired) electrons. The first-order valence-electron chi connectivity index (χ1n) is 6.70. The fourth-order valence-electron chi connectivity index (χ4n) is 2.12. The van der Waals surface area contributed by atoms with E-state index in [9.17, 15) is 0 Å². The molecule has 18 heavy (non-hydrogen) atoms. The van der Waals surface area contributed by atoms with Crippen molar-refractivity contribution >= 4 is 34.9 Å². The number of aryl methyl sites for hydroxylation is 1. The van der Waals surface area contributed by atoms with Crippen molar-refractivity contribution in [1.82, 2.24) is 0 Å². The molecule has 4 atom stereocenters. The van der Waals surface area contributed by atoms with E-state index in [1.165, 1.54) is 15.5 Å². The molecule has 0 saturated carbocycles. The quantitative estimate of drug-likeness (QED) is 0.916. The Morgan fingerprint density at radius 2 is 2.00 bits per heavy atom. The molecule has 0 bridgehead atoms. The maximum atomic E-state index is 6.41. The summed E-state index contributed by atoms with van der Waals surface area (Å²) in [5.41, 5.74) is 6.41. The molecule has 1 aromatic heterocycles. The molecule has 2 rings (SSSR count). The predicted octanol–water partition coefficient (Wildman–Crippen LogP) is 3.81. The van der Waals surface area contributed by atoms with Gasteiger partial charge in [0, 0.05) is 37.3 Å². The Morgan fingerprint density at radius 1 is 1.28 bits per heavy atom. The van der Waals surface area contributed by atoms with Crippen LogP contribution in [0.4, 0.5) is 0 Å². The Morgan fingerprint density at radius 3 is 2.61 bits per heavy atom. The van der Waals surface area contributed by atoms with Crippen LogP contribution in [0.2, 0.25) is 0 Å². The largest absolute Gasteiger partial charge is 0.326 e. The summed E-state index contributed by atoms with van der Waals surface area (Å²) in [6.45, 7) is 6.88. The van der Waals surface area contributed by atoms with Crippen molar-refractivity contribution in [2.24, 2.45) is 5.73 Å². The Balaban J connectivity index is 1.89. The van der Waals surface area contributed by atoms with Gasteiger partial charge in [-0.15, -0.1) is 11.3 Å². The maximum Gasteiger partial charge on any atom is 0.0296 e. The summed E-state index contributed by atoms with van der Waals surface area (Å²) in [7, 11) is 0. The standard InChI is InChI=1S/C14H23NS3/c1-4-11-5-6-12(18-11)7-13(15)14-8-16-9(2)10(3)17-14/h5-6,9-10,13-14H,4,7-8,15H2,1-3H3. The highest BCUT2D eigenvalue weighted by Crippen LogP contribution is 2.37. The third kappa shape index (κ3) is 3.69. The molecule has 1 fully saturated rings. The monoisotopic (exact) mass is 301 g/mol. The van der Waals surface area contributed by atoms with Crippen LogP contribution < -0.4 is 5.73 Å². The summed E-state index contributed by atoms with van der Waals surface area (Å²) in [6, 6.07) is 4.82. The van der Waals surface area contributed by atoms with E-state index in [1.54, 1.807) is 0 Å². The highest BCUT2D eigenvalue weighted by Gasteiger charge is 2.29. The van der Waals surface area contributed by atoms with Crippen molar-refractivity contribution < 1.29 is 0 Å². The average molecular weight is 302 g/mol. The fourth-order valence-corrected chi connectivity index (χ4v) is 6.21. The first-order valence-corrected chi connectivity index (χ1v) is 9.51. The molecule has 102 valence electrons.